The maximum Gasteiger partial charge on any atom is 0.226 e. The van der Waals surface area contributed by atoms with Gasteiger partial charge < -0.3 is 15.0 Å². The minimum atomic E-state index is -0.119. The van der Waals surface area contributed by atoms with Gasteiger partial charge in [0.05, 0.1) is 19.1 Å². The Labute approximate surface area is 159 Å². The Morgan fingerprint density at radius 2 is 2.14 bits per heavy atom. The van der Waals surface area contributed by atoms with Crippen molar-refractivity contribution >= 4 is 22.9 Å². The Bertz CT molecular complexity index is 1210. The highest BCUT2D eigenvalue weighted by molar-refractivity contribution is 5.95. The Morgan fingerprint density at radius 1 is 1.25 bits per heavy atom. The van der Waals surface area contributed by atoms with Gasteiger partial charge in [-0.3, -0.25) is 4.79 Å². The van der Waals surface area contributed by atoms with Gasteiger partial charge in [-0.1, -0.05) is 12.1 Å². The van der Waals surface area contributed by atoms with Crippen LogP contribution in [0.4, 0.5) is 5.82 Å². The van der Waals surface area contributed by atoms with Crippen molar-refractivity contribution in [2.75, 3.05) is 12.4 Å². The second-order valence-corrected chi connectivity index (χ2v) is 6.64. The van der Waals surface area contributed by atoms with E-state index in [1.54, 1.807) is 18.1 Å². The largest absolute Gasteiger partial charge is 0.497 e. The predicted molar refractivity (Wildman–Crippen MR) is 102 cm³/mol. The van der Waals surface area contributed by atoms with Crippen LogP contribution in [0.3, 0.4) is 0 Å². The van der Waals surface area contributed by atoms with Gasteiger partial charge in [0.15, 0.2) is 11.5 Å². The van der Waals surface area contributed by atoms with E-state index in [4.69, 9.17) is 4.74 Å². The summed E-state index contributed by atoms with van der Waals surface area (Å²) >= 11 is 0. The summed E-state index contributed by atoms with van der Waals surface area (Å²) in [5.41, 5.74) is 4.00. The molecule has 9 nitrogen and oxygen atoms in total. The summed E-state index contributed by atoms with van der Waals surface area (Å²) in [6, 6.07) is 7.78. The number of H-pyrrole nitrogens is 1. The van der Waals surface area contributed by atoms with Crippen LogP contribution in [-0.2, 0) is 4.79 Å². The number of imidazole rings is 1. The summed E-state index contributed by atoms with van der Waals surface area (Å²) in [6.07, 6.45) is 3.34. The number of nitrogens with one attached hydrogen (secondary N) is 2. The summed E-state index contributed by atoms with van der Waals surface area (Å²) in [5.74, 6) is 1.72. The molecule has 2 N–H and O–H groups in total. The lowest BCUT2D eigenvalue weighted by molar-refractivity contribution is -0.116. The van der Waals surface area contributed by atoms with E-state index in [0.717, 1.165) is 22.6 Å². The maximum absolute atomic E-state index is 12.5. The number of fused-ring (bicyclic) bond motifs is 2. The number of ether oxygens (including phenoxy) is 1. The topological polar surface area (TPSA) is 111 Å². The molecule has 1 amide bonds. The number of aromatic amines is 1. The van der Waals surface area contributed by atoms with E-state index < -0.39 is 0 Å². The highest BCUT2D eigenvalue weighted by Gasteiger charge is 2.33. The van der Waals surface area contributed by atoms with Crippen molar-refractivity contribution in [2.24, 2.45) is 0 Å². The second-order valence-electron chi connectivity index (χ2n) is 6.64. The first kappa shape index (κ1) is 16.4. The van der Waals surface area contributed by atoms with Gasteiger partial charge in [-0.2, -0.15) is 9.78 Å². The SMILES string of the molecule is COc1cccc([C@@H]2CC(=O)Nc3c2c(C)nn3-c2ncnc3nc[nH]c23)c1. The van der Waals surface area contributed by atoms with E-state index in [0.29, 0.717) is 29.2 Å². The molecule has 4 aromatic rings. The first-order valence-electron chi connectivity index (χ1n) is 8.83. The maximum atomic E-state index is 12.5. The van der Waals surface area contributed by atoms with Crippen LogP contribution in [0.2, 0.25) is 0 Å². The van der Waals surface area contributed by atoms with Gasteiger partial charge in [0.2, 0.25) is 5.91 Å². The number of carbonyl (C=O) groups is 1. The molecule has 1 aromatic carbocycles. The standard InChI is InChI=1S/C19H17N7O2/c1-10-15-13(11-4-3-5-12(6-11)28-2)7-14(27)24-18(15)26(25-10)19-16-17(21-8-20-16)22-9-23-19/h3-6,8-9,13H,7H2,1-2H3,(H,24,27)(H,20,21,22,23)/t13-/m0/s1. The number of hydrogen-bond donors (Lipinski definition) is 2. The number of hydrogen-bond acceptors (Lipinski definition) is 6. The molecule has 0 unspecified atom stereocenters. The molecule has 5 rings (SSSR count). The summed E-state index contributed by atoms with van der Waals surface area (Å²) in [6.45, 7) is 1.94. The number of amides is 1. The average Bonchev–Trinajstić information content (AvgIpc) is 3.32. The normalized spacial score (nSPS) is 16.1. The summed E-state index contributed by atoms with van der Waals surface area (Å²) in [5, 5.41) is 7.65. The van der Waals surface area contributed by atoms with Crippen LogP contribution in [0.1, 0.15) is 29.2 Å². The molecule has 0 radical (unpaired) electrons. The fourth-order valence-corrected chi connectivity index (χ4v) is 3.76. The first-order valence-corrected chi connectivity index (χ1v) is 8.83. The number of aryl methyl sites for hydroxylation is 1. The molecule has 4 heterocycles. The third-order valence-electron chi connectivity index (χ3n) is 5.00. The van der Waals surface area contributed by atoms with Crippen LogP contribution in [0.25, 0.3) is 17.0 Å². The van der Waals surface area contributed by atoms with Crippen LogP contribution in [0.15, 0.2) is 36.9 Å². The van der Waals surface area contributed by atoms with Crippen molar-refractivity contribution in [3.05, 3.63) is 53.7 Å². The molecule has 1 aliphatic rings. The van der Waals surface area contributed by atoms with Gasteiger partial charge in [-0.15, -0.1) is 0 Å². The Morgan fingerprint density at radius 3 is 3.00 bits per heavy atom. The lowest BCUT2D eigenvalue weighted by Crippen LogP contribution is -2.25. The van der Waals surface area contributed by atoms with Crippen LogP contribution < -0.4 is 10.1 Å². The Hall–Kier alpha value is -3.75. The highest BCUT2D eigenvalue weighted by atomic mass is 16.5. The number of benzene rings is 1. The van der Waals surface area contributed by atoms with Crippen LogP contribution in [0, 0.1) is 6.92 Å². The zero-order valence-corrected chi connectivity index (χ0v) is 15.3. The average molecular weight is 375 g/mol. The van der Waals surface area contributed by atoms with Crippen LogP contribution in [-0.4, -0.2) is 42.7 Å². The number of methoxy groups -OCH3 is 1. The molecule has 0 bridgehead atoms. The number of carbonyl (C=O) groups excluding carboxylic acids is 1. The van der Waals surface area contributed by atoms with Crippen molar-refractivity contribution in [2.45, 2.75) is 19.3 Å². The molecule has 1 aliphatic heterocycles. The van der Waals surface area contributed by atoms with E-state index in [1.807, 2.05) is 31.2 Å². The van der Waals surface area contributed by atoms with Crippen molar-refractivity contribution < 1.29 is 9.53 Å². The third-order valence-corrected chi connectivity index (χ3v) is 5.00. The smallest absolute Gasteiger partial charge is 0.226 e. The van der Waals surface area contributed by atoms with E-state index in [-0.39, 0.29) is 11.8 Å². The predicted octanol–water partition coefficient (Wildman–Crippen LogP) is 2.33. The summed E-state index contributed by atoms with van der Waals surface area (Å²) in [7, 11) is 1.63. The molecular formula is C19H17N7O2. The Balaban J connectivity index is 1.71. The van der Waals surface area contributed by atoms with Crippen LogP contribution >= 0.6 is 0 Å². The minimum Gasteiger partial charge on any atom is -0.497 e. The first-order chi connectivity index (χ1) is 13.7. The van der Waals surface area contributed by atoms with Gasteiger partial charge in [-0.05, 0) is 24.6 Å². The van der Waals surface area contributed by atoms with Gasteiger partial charge in [0.25, 0.3) is 0 Å². The van der Waals surface area contributed by atoms with Crippen LogP contribution in [0.5, 0.6) is 5.75 Å². The molecule has 140 valence electrons. The molecule has 0 aliphatic carbocycles. The number of nitrogens with zero attached hydrogens (tertiary/aromatic N) is 5. The van der Waals surface area contributed by atoms with Gasteiger partial charge in [-0.25, -0.2) is 15.0 Å². The monoisotopic (exact) mass is 375 g/mol. The lowest BCUT2D eigenvalue weighted by atomic mass is 9.86. The molecule has 1 atom stereocenters. The fourth-order valence-electron chi connectivity index (χ4n) is 3.76. The zero-order valence-electron chi connectivity index (χ0n) is 15.3. The number of rotatable bonds is 3. The third kappa shape index (κ3) is 2.43. The van der Waals surface area contributed by atoms with Gasteiger partial charge in [0.1, 0.15) is 23.4 Å². The molecule has 28 heavy (non-hydrogen) atoms. The van der Waals surface area contributed by atoms with Crippen molar-refractivity contribution in [1.82, 2.24) is 29.7 Å². The van der Waals surface area contributed by atoms with E-state index >= 15 is 0 Å². The second kappa shape index (κ2) is 6.15. The minimum absolute atomic E-state index is 0.0728. The van der Waals surface area contributed by atoms with Crippen molar-refractivity contribution in [3.8, 4) is 11.6 Å². The molecular weight excluding hydrogens is 358 g/mol. The number of anilines is 1. The number of aromatic nitrogens is 6. The Kier molecular flexibility index (Phi) is 3.61. The van der Waals surface area contributed by atoms with Crippen molar-refractivity contribution in [1.29, 1.82) is 0 Å². The molecule has 0 spiro atoms. The highest BCUT2D eigenvalue weighted by Crippen LogP contribution is 2.41. The van der Waals surface area contributed by atoms with E-state index in [1.165, 1.54) is 6.33 Å². The summed E-state index contributed by atoms with van der Waals surface area (Å²) < 4.78 is 7.01. The quantitative estimate of drug-likeness (QED) is 0.569. The van der Waals surface area contributed by atoms with E-state index in [2.05, 4.69) is 30.4 Å². The lowest BCUT2D eigenvalue weighted by Gasteiger charge is -2.24. The molecule has 3 aromatic heterocycles. The van der Waals surface area contributed by atoms with Gasteiger partial charge in [0, 0.05) is 17.9 Å². The summed E-state index contributed by atoms with van der Waals surface area (Å²) in [4.78, 5) is 28.3. The molecule has 9 heteroatoms. The van der Waals surface area contributed by atoms with E-state index in [9.17, 15) is 4.79 Å². The molecule has 0 saturated heterocycles. The zero-order chi connectivity index (χ0) is 19.3. The fraction of sp³-hybridized carbons (Fsp3) is 0.211. The van der Waals surface area contributed by atoms with Gasteiger partial charge >= 0.3 is 0 Å². The van der Waals surface area contributed by atoms with Crippen molar-refractivity contribution in [3.63, 3.8) is 0 Å². The molecule has 0 saturated carbocycles. The molecule has 0 fully saturated rings.